The van der Waals surface area contributed by atoms with Crippen molar-refractivity contribution in [3.8, 4) is 17.2 Å². The number of aromatic nitrogens is 2. The highest BCUT2D eigenvalue weighted by molar-refractivity contribution is 7.16. The molecule has 0 saturated heterocycles. The number of amides is 1. The van der Waals surface area contributed by atoms with E-state index < -0.39 is 11.2 Å². The molecule has 4 rings (SSSR count). The topological polar surface area (TPSA) is 61.9 Å². The van der Waals surface area contributed by atoms with Gasteiger partial charge < -0.3 is 4.90 Å². The van der Waals surface area contributed by atoms with E-state index in [1.807, 2.05) is 30.3 Å². The highest BCUT2D eigenvalue weighted by Crippen LogP contribution is 2.44. The predicted octanol–water partition coefficient (Wildman–Crippen LogP) is 6.39. The molecular weight excluding hydrogens is 471 g/mol. The molecule has 2 aromatic heterocycles. The van der Waals surface area contributed by atoms with E-state index in [9.17, 15) is 10.1 Å². The SMILES string of the molecule is C=CC(=O)N1Cc2sc(Cl)cc2C(c2ccccc2-c2cn(C(C)(C)C#N)nc2C(C)(C)F)C1. The molecule has 0 aliphatic carbocycles. The minimum atomic E-state index is -1.73. The van der Waals surface area contributed by atoms with Crippen molar-refractivity contribution in [1.29, 1.82) is 5.26 Å². The molecule has 0 radical (unpaired) electrons. The summed E-state index contributed by atoms with van der Waals surface area (Å²) < 4.78 is 17.6. The smallest absolute Gasteiger partial charge is 0.246 e. The Hall–Kier alpha value is -2.95. The molecule has 1 aromatic carbocycles. The van der Waals surface area contributed by atoms with Gasteiger partial charge in [0.05, 0.1) is 17.0 Å². The molecule has 0 saturated carbocycles. The van der Waals surface area contributed by atoms with Gasteiger partial charge in [-0.2, -0.15) is 10.4 Å². The number of benzene rings is 1. The number of thiophene rings is 1. The molecule has 1 atom stereocenters. The quantitative estimate of drug-likeness (QED) is 0.384. The summed E-state index contributed by atoms with van der Waals surface area (Å²) in [6.07, 6.45) is 3.07. The first-order valence-corrected chi connectivity index (χ1v) is 12.1. The van der Waals surface area contributed by atoms with Crippen LogP contribution in [0, 0.1) is 11.3 Å². The first kappa shape index (κ1) is 24.2. The van der Waals surface area contributed by atoms with E-state index in [0.29, 0.717) is 23.0 Å². The van der Waals surface area contributed by atoms with Crippen LogP contribution in [0.25, 0.3) is 11.1 Å². The van der Waals surface area contributed by atoms with Gasteiger partial charge in [0.2, 0.25) is 5.91 Å². The summed E-state index contributed by atoms with van der Waals surface area (Å²) in [5.41, 5.74) is 1.05. The van der Waals surface area contributed by atoms with Crippen LogP contribution in [0.15, 0.2) is 49.2 Å². The fourth-order valence-electron chi connectivity index (χ4n) is 4.34. The van der Waals surface area contributed by atoms with Crippen molar-refractivity contribution in [3.05, 3.63) is 75.2 Å². The van der Waals surface area contributed by atoms with Gasteiger partial charge in [-0.25, -0.2) is 4.39 Å². The molecule has 176 valence electrons. The normalized spacial score (nSPS) is 16.1. The van der Waals surface area contributed by atoms with Gasteiger partial charge in [-0.05, 0) is 56.5 Å². The highest BCUT2D eigenvalue weighted by Gasteiger charge is 2.35. The van der Waals surface area contributed by atoms with Crippen LogP contribution in [-0.4, -0.2) is 27.1 Å². The molecule has 0 bridgehead atoms. The summed E-state index contributed by atoms with van der Waals surface area (Å²) in [7, 11) is 0. The van der Waals surface area contributed by atoms with E-state index in [0.717, 1.165) is 21.6 Å². The standard InChI is InChI=1S/C26H26ClFN4OS/c1-6-23(33)31-12-19(18-11-22(27)34-21(18)14-31)16-9-7-8-10-17(16)20-13-32(25(2,3)15-29)30-24(20)26(4,5)28/h6-11,13,19H,1,12,14H2,2-5H3. The van der Waals surface area contributed by atoms with Crippen LogP contribution in [0.4, 0.5) is 4.39 Å². The van der Waals surface area contributed by atoms with Crippen LogP contribution in [0.1, 0.15) is 55.3 Å². The minimum Gasteiger partial charge on any atom is -0.333 e. The first-order chi connectivity index (χ1) is 16.0. The van der Waals surface area contributed by atoms with E-state index >= 15 is 4.39 Å². The van der Waals surface area contributed by atoms with Crippen LogP contribution < -0.4 is 0 Å². The van der Waals surface area contributed by atoms with Gasteiger partial charge in [-0.1, -0.05) is 42.4 Å². The second-order valence-corrected chi connectivity index (χ2v) is 11.2. The van der Waals surface area contributed by atoms with Gasteiger partial charge in [0, 0.05) is 29.1 Å². The van der Waals surface area contributed by atoms with Crippen molar-refractivity contribution >= 4 is 28.8 Å². The lowest BCUT2D eigenvalue weighted by Gasteiger charge is -2.33. The maximum atomic E-state index is 15.4. The molecule has 0 fully saturated rings. The number of carbonyl (C=O) groups excluding carboxylic acids is 1. The van der Waals surface area contributed by atoms with Crippen LogP contribution in [0.2, 0.25) is 4.34 Å². The summed E-state index contributed by atoms with van der Waals surface area (Å²) >= 11 is 7.84. The molecule has 1 amide bonds. The number of fused-ring (bicyclic) bond motifs is 1. The molecule has 5 nitrogen and oxygen atoms in total. The monoisotopic (exact) mass is 496 g/mol. The van der Waals surface area contributed by atoms with Crippen molar-refractivity contribution in [3.63, 3.8) is 0 Å². The van der Waals surface area contributed by atoms with Gasteiger partial charge in [-0.3, -0.25) is 9.48 Å². The number of nitriles is 1. The van der Waals surface area contributed by atoms with Crippen LogP contribution in [0.3, 0.4) is 0 Å². The lowest BCUT2D eigenvalue weighted by molar-refractivity contribution is -0.127. The summed E-state index contributed by atoms with van der Waals surface area (Å²) in [5, 5.41) is 14.1. The zero-order valence-electron chi connectivity index (χ0n) is 19.6. The Morgan fingerprint density at radius 1 is 1.29 bits per heavy atom. The van der Waals surface area contributed by atoms with Gasteiger partial charge in [-0.15, -0.1) is 11.3 Å². The van der Waals surface area contributed by atoms with E-state index in [1.54, 1.807) is 24.9 Å². The maximum Gasteiger partial charge on any atom is 0.246 e. The van der Waals surface area contributed by atoms with E-state index in [1.165, 1.54) is 35.9 Å². The molecule has 3 heterocycles. The fraction of sp³-hybridized carbons (Fsp3) is 0.346. The van der Waals surface area contributed by atoms with Gasteiger partial charge >= 0.3 is 0 Å². The Kier molecular flexibility index (Phi) is 6.17. The number of hydrogen-bond donors (Lipinski definition) is 0. The summed E-state index contributed by atoms with van der Waals surface area (Å²) in [5.74, 6) is -0.303. The number of alkyl halides is 1. The lowest BCUT2D eigenvalue weighted by Crippen LogP contribution is -2.37. The molecule has 0 spiro atoms. The number of carbonyl (C=O) groups is 1. The third-order valence-electron chi connectivity index (χ3n) is 6.16. The van der Waals surface area contributed by atoms with Crippen LogP contribution >= 0.6 is 22.9 Å². The van der Waals surface area contributed by atoms with Crippen molar-refractivity contribution in [1.82, 2.24) is 14.7 Å². The summed E-state index contributed by atoms with van der Waals surface area (Å²) in [6.45, 7) is 11.0. The van der Waals surface area contributed by atoms with E-state index in [2.05, 4.69) is 17.7 Å². The molecule has 1 aliphatic heterocycles. The van der Waals surface area contributed by atoms with Crippen molar-refractivity contribution in [2.75, 3.05) is 6.54 Å². The molecular formula is C26H26ClFN4OS. The third-order valence-corrected chi connectivity index (χ3v) is 7.43. The molecule has 3 aromatic rings. The second-order valence-electron chi connectivity index (χ2n) is 9.47. The van der Waals surface area contributed by atoms with Crippen LogP contribution in [0.5, 0.6) is 0 Å². The van der Waals surface area contributed by atoms with Gasteiger partial charge in [0.15, 0.2) is 0 Å². The summed E-state index contributed by atoms with van der Waals surface area (Å²) in [6, 6.07) is 12.0. The average Bonchev–Trinajstić information content (AvgIpc) is 3.41. The fourth-order valence-corrected chi connectivity index (χ4v) is 5.70. The Morgan fingerprint density at radius 3 is 2.65 bits per heavy atom. The molecule has 1 aliphatic rings. The van der Waals surface area contributed by atoms with Gasteiger partial charge in [0.25, 0.3) is 0 Å². The van der Waals surface area contributed by atoms with E-state index in [4.69, 9.17) is 11.6 Å². The molecule has 8 heteroatoms. The van der Waals surface area contributed by atoms with E-state index in [-0.39, 0.29) is 17.5 Å². The largest absolute Gasteiger partial charge is 0.333 e. The minimum absolute atomic E-state index is 0.146. The van der Waals surface area contributed by atoms with Crippen molar-refractivity contribution in [2.45, 2.75) is 51.4 Å². The zero-order chi connectivity index (χ0) is 24.8. The zero-order valence-corrected chi connectivity index (χ0v) is 21.2. The number of halogens is 2. The Labute approximate surface area is 208 Å². The Balaban J connectivity index is 1.92. The Bertz CT molecular complexity index is 1310. The third kappa shape index (κ3) is 4.28. The number of hydrogen-bond acceptors (Lipinski definition) is 4. The summed E-state index contributed by atoms with van der Waals surface area (Å²) in [4.78, 5) is 15.3. The average molecular weight is 497 g/mol. The Morgan fingerprint density at radius 2 is 2.00 bits per heavy atom. The highest BCUT2D eigenvalue weighted by atomic mass is 35.5. The number of rotatable bonds is 5. The van der Waals surface area contributed by atoms with Gasteiger partial charge in [0.1, 0.15) is 16.9 Å². The molecule has 0 N–H and O–H groups in total. The van der Waals surface area contributed by atoms with Crippen molar-refractivity contribution in [2.24, 2.45) is 0 Å². The number of nitrogens with zero attached hydrogens (tertiary/aromatic N) is 4. The van der Waals surface area contributed by atoms with Crippen molar-refractivity contribution < 1.29 is 9.18 Å². The second kappa shape index (κ2) is 8.68. The maximum absolute atomic E-state index is 15.4. The predicted molar refractivity (Wildman–Crippen MR) is 134 cm³/mol. The molecule has 34 heavy (non-hydrogen) atoms. The van der Waals surface area contributed by atoms with Crippen LogP contribution in [-0.2, 0) is 22.5 Å². The first-order valence-electron chi connectivity index (χ1n) is 11.0. The lowest BCUT2D eigenvalue weighted by atomic mass is 9.83. The molecule has 1 unspecified atom stereocenters.